The molecule has 6 heteroatoms. The van der Waals surface area contributed by atoms with E-state index in [4.69, 9.17) is 9.47 Å². The van der Waals surface area contributed by atoms with E-state index in [1.807, 2.05) is 6.92 Å². The lowest BCUT2D eigenvalue weighted by atomic mass is 10.0. The number of esters is 2. The third kappa shape index (κ3) is 3.26. The zero-order valence-corrected chi connectivity index (χ0v) is 13.5. The molecule has 0 unspecified atom stereocenters. The van der Waals surface area contributed by atoms with Gasteiger partial charge >= 0.3 is 11.9 Å². The molecule has 1 N–H and O–H groups in total. The van der Waals surface area contributed by atoms with Crippen molar-refractivity contribution in [3.63, 3.8) is 0 Å². The van der Waals surface area contributed by atoms with Crippen molar-refractivity contribution in [3.8, 4) is 5.75 Å². The molecule has 1 aromatic carbocycles. The van der Waals surface area contributed by atoms with E-state index < -0.39 is 17.7 Å². The van der Waals surface area contributed by atoms with Gasteiger partial charge in [0.1, 0.15) is 11.3 Å². The number of aromatic hydroxyl groups is 1. The lowest BCUT2D eigenvalue weighted by Crippen LogP contribution is -2.41. The summed E-state index contributed by atoms with van der Waals surface area (Å²) in [4.78, 5) is 23.8. The molecule has 0 saturated carbocycles. The molecule has 1 heterocycles. The lowest BCUT2D eigenvalue weighted by Gasteiger charge is -2.29. The molecule has 5 nitrogen and oxygen atoms in total. The van der Waals surface area contributed by atoms with Crippen molar-refractivity contribution >= 4 is 33.9 Å². The topological polar surface area (TPSA) is 72.8 Å². The molecule has 0 amide bonds. The normalized spacial score (nSPS) is 17.2. The monoisotopic (exact) mass is 354 g/mol. The molecule has 0 bridgehead atoms. The Balaban J connectivity index is 2.47. The number of carbonyl (C=O) groups excluding carboxylic acids is 2. The summed E-state index contributed by atoms with van der Waals surface area (Å²) in [5, 5.41) is 10.0. The largest absolute Gasteiger partial charge is 0.506 e. The van der Waals surface area contributed by atoms with Crippen LogP contribution < -0.4 is 0 Å². The van der Waals surface area contributed by atoms with E-state index in [9.17, 15) is 14.7 Å². The molecule has 0 atom stereocenters. The maximum atomic E-state index is 11.9. The van der Waals surface area contributed by atoms with Crippen LogP contribution in [-0.2, 0) is 25.5 Å². The van der Waals surface area contributed by atoms with Crippen molar-refractivity contribution in [2.24, 2.45) is 0 Å². The van der Waals surface area contributed by atoms with Gasteiger partial charge in [0.25, 0.3) is 5.79 Å². The van der Waals surface area contributed by atoms with Gasteiger partial charge in [-0.1, -0.05) is 6.92 Å². The van der Waals surface area contributed by atoms with Gasteiger partial charge in [0.05, 0.1) is 4.47 Å². The van der Waals surface area contributed by atoms with Gasteiger partial charge in [-0.05, 0) is 46.1 Å². The highest BCUT2D eigenvalue weighted by Crippen LogP contribution is 2.33. The second-order valence-corrected chi connectivity index (χ2v) is 5.96. The summed E-state index contributed by atoms with van der Waals surface area (Å²) in [6, 6.07) is 3.48. The molecule has 2 rings (SSSR count). The molecule has 1 saturated heterocycles. The van der Waals surface area contributed by atoms with Crippen LogP contribution >= 0.6 is 15.9 Å². The summed E-state index contributed by atoms with van der Waals surface area (Å²) >= 11 is 3.24. The van der Waals surface area contributed by atoms with Gasteiger partial charge in [0, 0.05) is 19.4 Å². The number of ether oxygens (including phenoxy) is 2. The summed E-state index contributed by atoms with van der Waals surface area (Å²) in [6.45, 7) is 4.91. The first-order chi connectivity index (χ1) is 9.73. The van der Waals surface area contributed by atoms with Crippen LogP contribution in [0.25, 0.3) is 6.08 Å². The van der Waals surface area contributed by atoms with E-state index in [0.717, 1.165) is 12.0 Å². The molecule has 1 aromatic rings. The SMILES string of the molecule is CCc1cc(Br)c(O)c(C=C2C(=O)OC(C)(C)OC2=O)c1. The Bertz CT molecular complexity index is 624. The Kier molecular flexibility index (Phi) is 4.09. The molecule has 112 valence electrons. The maximum Gasteiger partial charge on any atom is 0.348 e. The summed E-state index contributed by atoms with van der Waals surface area (Å²) in [5.74, 6) is -2.87. The minimum Gasteiger partial charge on any atom is -0.506 e. The predicted octanol–water partition coefficient (Wildman–Crippen LogP) is 2.94. The smallest absolute Gasteiger partial charge is 0.348 e. The molecule has 0 spiro atoms. The van der Waals surface area contributed by atoms with Gasteiger partial charge in [-0.2, -0.15) is 0 Å². The number of phenols is 1. The number of hydrogen-bond acceptors (Lipinski definition) is 5. The van der Waals surface area contributed by atoms with Crippen molar-refractivity contribution < 1.29 is 24.2 Å². The van der Waals surface area contributed by atoms with Crippen molar-refractivity contribution in [2.45, 2.75) is 33.0 Å². The second-order valence-electron chi connectivity index (χ2n) is 5.11. The Morgan fingerprint density at radius 3 is 2.33 bits per heavy atom. The highest BCUT2D eigenvalue weighted by molar-refractivity contribution is 9.10. The van der Waals surface area contributed by atoms with Crippen molar-refractivity contribution in [3.05, 3.63) is 33.3 Å². The van der Waals surface area contributed by atoms with Crippen LogP contribution in [0.4, 0.5) is 0 Å². The maximum absolute atomic E-state index is 11.9. The zero-order chi connectivity index (χ0) is 15.8. The number of aryl methyl sites for hydroxylation is 1. The van der Waals surface area contributed by atoms with E-state index in [-0.39, 0.29) is 11.3 Å². The number of rotatable bonds is 2. The first-order valence-corrected chi connectivity index (χ1v) is 7.22. The molecule has 0 aromatic heterocycles. The number of benzene rings is 1. The number of hydrogen-bond donors (Lipinski definition) is 1. The fourth-order valence-electron chi connectivity index (χ4n) is 1.93. The Morgan fingerprint density at radius 1 is 1.24 bits per heavy atom. The van der Waals surface area contributed by atoms with Gasteiger partial charge < -0.3 is 14.6 Å². The Labute approximate surface area is 130 Å². The van der Waals surface area contributed by atoms with Crippen LogP contribution in [-0.4, -0.2) is 22.8 Å². The fraction of sp³-hybridized carbons (Fsp3) is 0.333. The summed E-state index contributed by atoms with van der Waals surface area (Å²) < 4.78 is 10.5. The molecule has 1 fully saturated rings. The van der Waals surface area contributed by atoms with Gasteiger partial charge in [-0.15, -0.1) is 0 Å². The average molecular weight is 355 g/mol. The van der Waals surface area contributed by atoms with E-state index in [1.54, 1.807) is 12.1 Å². The van der Waals surface area contributed by atoms with E-state index in [2.05, 4.69) is 15.9 Å². The third-order valence-corrected chi connectivity index (χ3v) is 3.58. The van der Waals surface area contributed by atoms with Crippen LogP contribution in [0.15, 0.2) is 22.2 Å². The van der Waals surface area contributed by atoms with Gasteiger partial charge in [0.15, 0.2) is 0 Å². The second kappa shape index (κ2) is 5.52. The van der Waals surface area contributed by atoms with E-state index >= 15 is 0 Å². The molecule has 21 heavy (non-hydrogen) atoms. The van der Waals surface area contributed by atoms with Crippen molar-refractivity contribution in [1.82, 2.24) is 0 Å². The van der Waals surface area contributed by atoms with Crippen molar-refractivity contribution in [1.29, 1.82) is 0 Å². The molecule has 1 aliphatic heterocycles. The van der Waals surface area contributed by atoms with Crippen LogP contribution in [0.3, 0.4) is 0 Å². The highest BCUT2D eigenvalue weighted by atomic mass is 79.9. The molecule has 1 aliphatic rings. The minimum atomic E-state index is -1.28. The Morgan fingerprint density at radius 2 is 1.81 bits per heavy atom. The highest BCUT2D eigenvalue weighted by Gasteiger charge is 2.39. The summed E-state index contributed by atoms with van der Waals surface area (Å²) in [6.07, 6.45) is 2.02. The Hall–Kier alpha value is -1.82. The molecule has 0 radical (unpaired) electrons. The first-order valence-electron chi connectivity index (χ1n) is 6.43. The van der Waals surface area contributed by atoms with Crippen LogP contribution in [0.5, 0.6) is 5.75 Å². The summed E-state index contributed by atoms with van der Waals surface area (Å²) in [5.41, 5.74) is 1.05. The zero-order valence-electron chi connectivity index (χ0n) is 11.9. The van der Waals surface area contributed by atoms with Gasteiger partial charge in [0.2, 0.25) is 0 Å². The van der Waals surface area contributed by atoms with Crippen LogP contribution in [0.1, 0.15) is 31.9 Å². The number of phenolic OH excluding ortho intramolecular Hbond substituents is 1. The number of cyclic esters (lactones) is 2. The molecular weight excluding hydrogens is 340 g/mol. The minimum absolute atomic E-state index is 0.0508. The van der Waals surface area contributed by atoms with Crippen molar-refractivity contribution in [2.75, 3.05) is 0 Å². The van der Waals surface area contributed by atoms with Gasteiger partial charge in [-0.3, -0.25) is 0 Å². The van der Waals surface area contributed by atoms with Gasteiger partial charge in [-0.25, -0.2) is 9.59 Å². The predicted molar refractivity (Wildman–Crippen MR) is 79.4 cm³/mol. The average Bonchev–Trinajstić information content (AvgIpc) is 2.37. The molecular formula is C15H15BrO5. The number of carbonyl (C=O) groups is 2. The van der Waals surface area contributed by atoms with E-state index in [1.165, 1.54) is 19.9 Å². The first kappa shape index (κ1) is 15.6. The summed E-state index contributed by atoms with van der Waals surface area (Å²) in [7, 11) is 0. The lowest BCUT2D eigenvalue weighted by molar-refractivity contribution is -0.222. The third-order valence-electron chi connectivity index (χ3n) is 2.98. The fourth-order valence-corrected chi connectivity index (χ4v) is 2.45. The molecule has 0 aliphatic carbocycles. The van der Waals surface area contributed by atoms with Crippen LogP contribution in [0, 0.1) is 0 Å². The van der Waals surface area contributed by atoms with Crippen LogP contribution in [0.2, 0.25) is 0 Å². The quantitative estimate of drug-likeness (QED) is 0.502. The standard InChI is InChI=1S/C15H15BrO5/c1-4-8-5-9(12(17)11(16)6-8)7-10-13(18)20-15(2,3)21-14(10)19/h5-7,17H,4H2,1-3H3. The number of halogens is 1. The van der Waals surface area contributed by atoms with E-state index in [0.29, 0.717) is 10.0 Å².